The third-order valence-electron chi connectivity index (χ3n) is 2.12. The van der Waals surface area contributed by atoms with Crippen LogP contribution in [0.1, 0.15) is 13.8 Å². The van der Waals surface area contributed by atoms with Gasteiger partial charge in [-0.1, -0.05) is 6.92 Å². The van der Waals surface area contributed by atoms with E-state index in [0.717, 1.165) is 0 Å². The van der Waals surface area contributed by atoms with Crippen molar-refractivity contribution in [3.63, 3.8) is 0 Å². The molecule has 0 aliphatic carbocycles. The Labute approximate surface area is 85.2 Å². The Balaban J connectivity index is 4.49. The number of ether oxygens (including phenoxy) is 1. The lowest BCUT2D eigenvalue weighted by molar-refractivity contribution is -0.151. The van der Waals surface area contributed by atoms with Crippen LogP contribution in [0.2, 0.25) is 0 Å². The van der Waals surface area contributed by atoms with Gasteiger partial charge in [-0.15, -0.1) is 0 Å². The molecule has 0 aliphatic heterocycles. The Morgan fingerprint density at radius 2 is 1.86 bits per heavy atom. The summed E-state index contributed by atoms with van der Waals surface area (Å²) in [4.78, 5) is 24.5. The van der Waals surface area contributed by atoms with Gasteiger partial charge in [-0.25, -0.2) is 0 Å². The zero-order valence-electron chi connectivity index (χ0n) is 9.53. The van der Waals surface area contributed by atoms with E-state index in [9.17, 15) is 9.59 Å². The maximum absolute atomic E-state index is 11.3. The van der Waals surface area contributed by atoms with Crippen LogP contribution in [-0.4, -0.2) is 44.4 Å². The molecule has 0 aromatic heterocycles. The minimum Gasteiger partial charge on any atom is -0.468 e. The lowest BCUT2D eigenvalue weighted by Crippen LogP contribution is -2.35. The molecule has 0 spiro atoms. The molecule has 4 nitrogen and oxygen atoms in total. The van der Waals surface area contributed by atoms with Crippen molar-refractivity contribution in [2.75, 3.05) is 27.7 Å². The highest BCUT2D eigenvalue weighted by Crippen LogP contribution is 2.15. The molecule has 2 unspecified atom stereocenters. The number of carbonyl (C=O) groups is 2. The monoisotopic (exact) mass is 201 g/mol. The minimum atomic E-state index is -0.637. The van der Waals surface area contributed by atoms with Gasteiger partial charge in [-0.3, -0.25) is 9.59 Å². The Morgan fingerprint density at radius 3 is 2.14 bits per heavy atom. The van der Waals surface area contributed by atoms with Crippen molar-refractivity contribution in [1.29, 1.82) is 0 Å². The summed E-state index contributed by atoms with van der Waals surface area (Å²) in [5, 5.41) is 0. The summed E-state index contributed by atoms with van der Waals surface area (Å²) >= 11 is 0. The molecular formula is C10H19NO3. The molecule has 0 aliphatic rings. The molecular weight excluding hydrogens is 182 g/mol. The summed E-state index contributed by atoms with van der Waals surface area (Å²) < 4.78 is 4.60. The maximum Gasteiger partial charge on any atom is 0.316 e. The molecule has 0 amide bonds. The van der Waals surface area contributed by atoms with E-state index in [4.69, 9.17) is 0 Å². The SMILES string of the molecule is COC(=O)C(C(C)=O)C(C)CN(C)C. The number of ketones is 1. The number of nitrogens with zero attached hydrogens (tertiary/aromatic N) is 1. The van der Waals surface area contributed by atoms with Gasteiger partial charge in [0.2, 0.25) is 0 Å². The van der Waals surface area contributed by atoms with Crippen LogP contribution >= 0.6 is 0 Å². The van der Waals surface area contributed by atoms with Crippen molar-refractivity contribution < 1.29 is 14.3 Å². The quantitative estimate of drug-likeness (QED) is 0.482. The van der Waals surface area contributed by atoms with Crippen molar-refractivity contribution in [3.8, 4) is 0 Å². The second kappa shape index (κ2) is 5.75. The summed E-state index contributed by atoms with van der Waals surface area (Å²) in [7, 11) is 5.12. The van der Waals surface area contributed by atoms with Crippen molar-refractivity contribution in [3.05, 3.63) is 0 Å². The van der Waals surface area contributed by atoms with E-state index in [1.54, 1.807) is 0 Å². The molecule has 0 saturated heterocycles. The average Bonchev–Trinajstić information content (AvgIpc) is 2.01. The highest BCUT2D eigenvalue weighted by Gasteiger charge is 2.30. The van der Waals surface area contributed by atoms with Crippen LogP contribution in [0.5, 0.6) is 0 Å². The molecule has 4 heteroatoms. The molecule has 2 atom stereocenters. The fourth-order valence-electron chi connectivity index (χ4n) is 1.61. The Bertz CT molecular complexity index is 213. The number of methoxy groups -OCH3 is 1. The summed E-state index contributed by atoms with van der Waals surface area (Å²) in [6, 6.07) is 0. The van der Waals surface area contributed by atoms with E-state index in [-0.39, 0.29) is 11.7 Å². The van der Waals surface area contributed by atoms with E-state index in [2.05, 4.69) is 4.74 Å². The lowest BCUT2D eigenvalue weighted by atomic mass is 9.90. The average molecular weight is 201 g/mol. The van der Waals surface area contributed by atoms with Crippen molar-refractivity contribution in [2.45, 2.75) is 13.8 Å². The van der Waals surface area contributed by atoms with Crippen LogP contribution in [-0.2, 0) is 14.3 Å². The van der Waals surface area contributed by atoms with E-state index < -0.39 is 11.9 Å². The van der Waals surface area contributed by atoms with Crippen molar-refractivity contribution in [1.82, 2.24) is 4.90 Å². The Kier molecular flexibility index (Phi) is 5.38. The highest BCUT2D eigenvalue weighted by molar-refractivity contribution is 5.97. The van der Waals surface area contributed by atoms with Crippen LogP contribution in [0, 0.1) is 11.8 Å². The summed E-state index contributed by atoms with van der Waals surface area (Å²) in [5.74, 6) is -1.23. The van der Waals surface area contributed by atoms with Crippen LogP contribution in [0.25, 0.3) is 0 Å². The zero-order valence-corrected chi connectivity index (χ0v) is 9.53. The standard InChI is InChI=1S/C10H19NO3/c1-7(6-11(3)4)9(8(2)12)10(13)14-5/h7,9H,6H2,1-5H3. The Morgan fingerprint density at radius 1 is 1.36 bits per heavy atom. The molecule has 0 aromatic rings. The van der Waals surface area contributed by atoms with E-state index >= 15 is 0 Å². The molecule has 0 heterocycles. The third kappa shape index (κ3) is 3.87. The topological polar surface area (TPSA) is 46.6 Å². The minimum absolute atomic E-state index is 0.0186. The number of hydrogen-bond acceptors (Lipinski definition) is 4. The van der Waals surface area contributed by atoms with E-state index in [1.807, 2.05) is 25.9 Å². The molecule has 0 aromatic carbocycles. The van der Waals surface area contributed by atoms with Gasteiger partial charge in [-0.05, 0) is 26.9 Å². The lowest BCUT2D eigenvalue weighted by Gasteiger charge is -2.22. The number of esters is 1. The first-order valence-electron chi connectivity index (χ1n) is 4.63. The summed E-state index contributed by atoms with van der Waals surface area (Å²) in [5.41, 5.74) is 0. The van der Waals surface area contributed by atoms with Gasteiger partial charge in [0.05, 0.1) is 7.11 Å². The van der Waals surface area contributed by atoms with Gasteiger partial charge < -0.3 is 9.64 Å². The molecule has 0 rings (SSSR count). The van der Waals surface area contributed by atoms with Crippen molar-refractivity contribution in [2.24, 2.45) is 11.8 Å². The molecule has 0 fully saturated rings. The van der Waals surface area contributed by atoms with Crippen LogP contribution in [0.4, 0.5) is 0 Å². The van der Waals surface area contributed by atoms with Gasteiger partial charge >= 0.3 is 5.97 Å². The van der Waals surface area contributed by atoms with E-state index in [1.165, 1.54) is 14.0 Å². The predicted molar refractivity (Wildman–Crippen MR) is 53.9 cm³/mol. The fourth-order valence-corrected chi connectivity index (χ4v) is 1.61. The van der Waals surface area contributed by atoms with Crippen LogP contribution in [0.3, 0.4) is 0 Å². The first-order chi connectivity index (χ1) is 6.40. The first kappa shape index (κ1) is 13.1. The Hall–Kier alpha value is -0.900. The van der Waals surface area contributed by atoms with Crippen molar-refractivity contribution >= 4 is 11.8 Å². The number of hydrogen-bond donors (Lipinski definition) is 0. The molecule has 0 bridgehead atoms. The maximum atomic E-state index is 11.3. The third-order valence-corrected chi connectivity index (χ3v) is 2.12. The summed E-state index contributed by atoms with van der Waals surface area (Å²) in [6.45, 7) is 4.00. The predicted octanol–water partition coefficient (Wildman–Crippen LogP) is 0.562. The van der Waals surface area contributed by atoms with Gasteiger partial charge in [0.25, 0.3) is 0 Å². The number of carbonyl (C=O) groups excluding carboxylic acids is 2. The highest BCUT2D eigenvalue weighted by atomic mass is 16.5. The molecule has 0 radical (unpaired) electrons. The van der Waals surface area contributed by atoms with E-state index in [0.29, 0.717) is 6.54 Å². The smallest absolute Gasteiger partial charge is 0.316 e. The van der Waals surface area contributed by atoms with Crippen LogP contribution < -0.4 is 0 Å². The molecule has 82 valence electrons. The number of Topliss-reactive ketones (excluding diaryl/α,β-unsaturated/α-hetero) is 1. The number of rotatable bonds is 5. The van der Waals surface area contributed by atoms with Gasteiger partial charge in [-0.2, -0.15) is 0 Å². The molecule has 0 N–H and O–H groups in total. The second-order valence-corrected chi connectivity index (χ2v) is 3.85. The molecule has 0 saturated carbocycles. The molecule has 14 heavy (non-hydrogen) atoms. The normalized spacial score (nSPS) is 15.0. The van der Waals surface area contributed by atoms with Gasteiger partial charge in [0.1, 0.15) is 11.7 Å². The summed E-state index contributed by atoms with van der Waals surface area (Å²) in [6.07, 6.45) is 0. The van der Waals surface area contributed by atoms with Crippen LogP contribution in [0.15, 0.2) is 0 Å². The fraction of sp³-hybridized carbons (Fsp3) is 0.800. The second-order valence-electron chi connectivity index (χ2n) is 3.85. The van der Waals surface area contributed by atoms with Gasteiger partial charge in [0, 0.05) is 6.54 Å². The van der Waals surface area contributed by atoms with Gasteiger partial charge in [0.15, 0.2) is 0 Å². The largest absolute Gasteiger partial charge is 0.468 e. The zero-order chi connectivity index (χ0) is 11.3. The first-order valence-corrected chi connectivity index (χ1v) is 4.63.